The summed E-state index contributed by atoms with van der Waals surface area (Å²) in [5.74, 6) is -2.78. The Morgan fingerprint density at radius 1 is 1.09 bits per heavy atom. The first kappa shape index (κ1) is 15.6. The van der Waals surface area contributed by atoms with Crippen molar-refractivity contribution >= 4 is 29.1 Å². The summed E-state index contributed by atoms with van der Waals surface area (Å²) in [7, 11) is 0. The van der Waals surface area contributed by atoms with E-state index in [1.54, 1.807) is 18.2 Å². The van der Waals surface area contributed by atoms with Crippen LogP contribution in [0.5, 0.6) is 0 Å². The van der Waals surface area contributed by atoms with E-state index in [-0.39, 0.29) is 24.7 Å². The van der Waals surface area contributed by atoms with Gasteiger partial charge in [-0.05, 0) is 42.3 Å². The maximum absolute atomic E-state index is 13.2. The van der Waals surface area contributed by atoms with Gasteiger partial charge in [0.15, 0.2) is 0 Å². The number of rotatable bonds is 3. The van der Waals surface area contributed by atoms with E-state index in [0.717, 1.165) is 11.0 Å². The highest BCUT2D eigenvalue weighted by Gasteiger charge is 2.39. The predicted octanol–water partition coefficient (Wildman–Crippen LogP) is 3.74. The molecule has 23 heavy (non-hydrogen) atoms. The molecule has 1 heterocycles. The van der Waals surface area contributed by atoms with Crippen LogP contribution in [0.1, 0.15) is 12.0 Å². The maximum Gasteiger partial charge on any atom is 0.237 e. The number of halogens is 3. The lowest BCUT2D eigenvalue weighted by molar-refractivity contribution is -0.122. The highest BCUT2D eigenvalue weighted by Crippen LogP contribution is 2.30. The van der Waals surface area contributed by atoms with Crippen molar-refractivity contribution in [3.05, 3.63) is 64.7 Å². The molecule has 0 N–H and O–H groups in total. The average Bonchev–Trinajstić information content (AvgIpc) is 2.72. The molecule has 3 nitrogen and oxygen atoms in total. The van der Waals surface area contributed by atoms with Gasteiger partial charge in [0.1, 0.15) is 11.6 Å². The molecule has 0 spiro atoms. The molecule has 0 aliphatic carbocycles. The summed E-state index contributed by atoms with van der Waals surface area (Å²) in [6, 6.07) is 9.54. The monoisotopic (exact) mass is 335 g/mol. The number of anilines is 1. The molecule has 6 heteroatoms. The van der Waals surface area contributed by atoms with Gasteiger partial charge in [0.25, 0.3) is 0 Å². The first-order valence-corrected chi connectivity index (χ1v) is 7.39. The molecule has 1 atom stereocenters. The second kappa shape index (κ2) is 6.08. The van der Waals surface area contributed by atoms with E-state index in [4.69, 9.17) is 11.6 Å². The minimum Gasteiger partial charge on any atom is -0.274 e. The van der Waals surface area contributed by atoms with Crippen molar-refractivity contribution in [3.63, 3.8) is 0 Å². The van der Waals surface area contributed by atoms with Crippen LogP contribution < -0.4 is 4.90 Å². The molecule has 2 aromatic carbocycles. The number of hydrogen-bond acceptors (Lipinski definition) is 2. The van der Waals surface area contributed by atoms with E-state index in [9.17, 15) is 18.4 Å². The molecule has 2 amide bonds. The molecule has 1 aliphatic rings. The highest BCUT2D eigenvalue weighted by atomic mass is 35.5. The van der Waals surface area contributed by atoms with Crippen LogP contribution in [0, 0.1) is 17.6 Å². The minimum absolute atomic E-state index is 0.00345. The third-order valence-electron chi connectivity index (χ3n) is 3.71. The number of amides is 2. The van der Waals surface area contributed by atoms with E-state index in [0.29, 0.717) is 16.3 Å². The molecule has 3 rings (SSSR count). The lowest BCUT2D eigenvalue weighted by Gasteiger charge is -2.15. The van der Waals surface area contributed by atoms with Crippen LogP contribution in [0.25, 0.3) is 0 Å². The summed E-state index contributed by atoms with van der Waals surface area (Å²) < 4.78 is 26.5. The zero-order chi connectivity index (χ0) is 16.6. The molecule has 0 bridgehead atoms. The Labute approximate surface area is 136 Å². The third-order valence-corrected chi connectivity index (χ3v) is 3.95. The molecular formula is C17H12ClF2NO2. The van der Waals surface area contributed by atoms with E-state index >= 15 is 0 Å². The SMILES string of the molecule is O=C1CC(Cc2cc(F)cc(F)c2)C(=O)N1c1cccc(Cl)c1. The molecule has 0 aromatic heterocycles. The summed E-state index contributed by atoms with van der Waals surface area (Å²) in [5.41, 5.74) is 0.752. The number of carbonyl (C=O) groups excluding carboxylic acids is 2. The van der Waals surface area contributed by atoms with Gasteiger partial charge >= 0.3 is 0 Å². The van der Waals surface area contributed by atoms with Crippen molar-refractivity contribution in [3.8, 4) is 0 Å². The molecule has 118 valence electrons. The third kappa shape index (κ3) is 3.24. The highest BCUT2D eigenvalue weighted by molar-refractivity contribution is 6.31. The fourth-order valence-corrected chi connectivity index (χ4v) is 2.94. The standard InChI is InChI=1S/C17H12ClF2NO2/c18-12-2-1-3-15(8-12)21-16(22)7-11(17(21)23)4-10-5-13(19)9-14(20)6-10/h1-3,5-6,8-9,11H,4,7H2. The molecule has 2 aromatic rings. The Bertz CT molecular complexity index is 774. The van der Waals surface area contributed by atoms with Crippen LogP contribution in [0.4, 0.5) is 14.5 Å². The Kier molecular flexibility index (Phi) is 4.13. The van der Waals surface area contributed by atoms with E-state index < -0.39 is 17.6 Å². The Morgan fingerprint density at radius 3 is 2.43 bits per heavy atom. The molecule has 1 unspecified atom stereocenters. The van der Waals surface area contributed by atoms with Crippen LogP contribution >= 0.6 is 11.6 Å². The maximum atomic E-state index is 13.2. The van der Waals surface area contributed by atoms with Crippen LogP contribution in [-0.2, 0) is 16.0 Å². The molecule has 0 radical (unpaired) electrons. The van der Waals surface area contributed by atoms with Gasteiger partial charge in [0.2, 0.25) is 11.8 Å². The smallest absolute Gasteiger partial charge is 0.237 e. The van der Waals surface area contributed by atoms with Crippen molar-refractivity contribution in [1.29, 1.82) is 0 Å². The lowest BCUT2D eigenvalue weighted by atomic mass is 9.98. The number of imide groups is 1. The predicted molar refractivity (Wildman–Crippen MR) is 82.1 cm³/mol. The van der Waals surface area contributed by atoms with Gasteiger partial charge in [0, 0.05) is 17.5 Å². The zero-order valence-corrected chi connectivity index (χ0v) is 12.7. The van der Waals surface area contributed by atoms with Crippen LogP contribution in [0.2, 0.25) is 5.02 Å². The van der Waals surface area contributed by atoms with Gasteiger partial charge in [-0.25, -0.2) is 8.78 Å². The van der Waals surface area contributed by atoms with Crippen molar-refractivity contribution in [2.75, 3.05) is 4.90 Å². The Morgan fingerprint density at radius 2 is 1.78 bits per heavy atom. The van der Waals surface area contributed by atoms with Gasteiger partial charge in [-0.2, -0.15) is 0 Å². The lowest BCUT2D eigenvalue weighted by Crippen LogP contribution is -2.30. The van der Waals surface area contributed by atoms with E-state index in [2.05, 4.69) is 0 Å². The van der Waals surface area contributed by atoms with E-state index in [1.165, 1.54) is 18.2 Å². The number of hydrogen-bond donors (Lipinski definition) is 0. The second-order valence-corrected chi connectivity index (χ2v) is 5.87. The van der Waals surface area contributed by atoms with Gasteiger partial charge in [-0.3, -0.25) is 14.5 Å². The average molecular weight is 336 g/mol. The molecular weight excluding hydrogens is 324 g/mol. The van der Waals surface area contributed by atoms with Crippen molar-refractivity contribution in [2.24, 2.45) is 5.92 Å². The number of nitrogens with zero attached hydrogens (tertiary/aromatic N) is 1. The quantitative estimate of drug-likeness (QED) is 0.801. The summed E-state index contributed by atoms with van der Waals surface area (Å²) >= 11 is 5.89. The zero-order valence-electron chi connectivity index (χ0n) is 11.9. The van der Waals surface area contributed by atoms with Gasteiger partial charge in [-0.1, -0.05) is 17.7 Å². The molecule has 1 saturated heterocycles. The van der Waals surface area contributed by atoms with Crippen LogP contribution in [0.15, 0.2) is 42.5 Å². The normalized spacial score (nSPS) is 17.9. The van der Waals surface area contributed by atoms with Gasteiger partial charge < -0.3 is 0 Å². The summed E-state index contributed by atoms with van der Waals surface area (Å²) in [6.07, 6.45) is 0.111. The second-order valence-electron chi connectivity index (χ2n) is 5.43. The Hall–Kier alpha value is -2.27. The summed E-state index contributed by atoms with van der Waals surface area (Å²) in [6.45, 7) is 0. The fourth-order valence-electron chi connectivity index (χ4n) is 2.75. The molecule has 1 aliphatic heterocycles. The molecule has 1 fully saturated rings. The first-order chi connectivity index (χ1) is 10.9. The van der Waals surface area contributed by atoms with Crippen LogP contribution in [0.3, 0.4) is 0 Å². The van der Waals surface area contributed by atoms with Crippen molar-refractivity contribution in [2.45, 2.75) is 12.8 Å². The fraction of sp³-hybridized carbons (Fsp3) is 0.176. The van der Waals surface area contributed by atoms with Crippen molar-refractivity contribution in [1.82, 2.24) is 0 Å². The van der Waals surface area contributed by atoms with E-state index in [1.807, 2.05) is 0 Å². The number of benzene rings is 2. The first-order valence-electron chi connectivity index (χ1n) is 7.01. The molecule has 0 saturated carbocycles. The topological polar surface area (TPSA) is 37.4 Å². The van der Waals surface area contributed by atoms with Crippen molar-refractivity contribution < 1.29 is 18.4 Å². The largest absolute Gasteiger partial charge is 0.274 e. The van der Waals surface area contributed by atoms with Gasteiger partial charge in [-0.15, -0.1) is 0 Å². The number of carbonyl (C=O) groups is 2. The van der Waals surface area contributed by atoms with Crippen LogP contribution in [-0.4, -0.2) is 11.8 Å². The minimum atomic E-state index is -0.705. The Balaban J connectivity index is 1.83. The summed E-state index contributed by atoms with van der Waals surface area (Å²) in [4.78, 5) is 25.7. The summed E-state index contributed by atoms with van der Waals surface area (Å²) in [5, 5.41) is 0.416. The van der Waals surface area contributed by atoms with Gasteiger partial charge in [0.05, 0.1) is 11.6 Å².